The van der Waals surface area contributed by atoms with E-state index in [4.69, 9.17) is 32.7 Å². The largest absolute Gasteiger partial charge is 0.494 e. The molecule has 1 aromatic carbocycles. The van der Waals surface area contributed by atoms with Gasteiger partial charge in [0.15, 0.2) is 11.8 Å². The second-order valence-corrected chi connectivity index (χ2v) is 5.63. The molecule has 0 amide bonds. The first-order chi connectivity index (χ1) is 11.4. The first-order valence-corrected chi connectivity index (χ1v) is 7.98. The van der Waals surface area contributed by atoms with Crippen LogP contribution in [0.4, 0.5) is 0 Å². The van der Waals surface area contributed by atoms with Gasteiger partial charge in [-0.05, 0) is 50.2 Å². The van der Waals surface area contributed by atoms with E-state index in [0.717, 1.165) is 0 Å². The molecule has 2 rings (SSSR count). The van der Waals surface area contributed by atoms with Crippen molar-refractivity contribution in [1.29, 1.82) is 0 Å². The molecule has 126 valence electrons. The van der Waals surface area contributed by atoms with Crippen LogP contribution in [-0.4, -0.2) is 29.4 Å². The molecule has 1 atom stereocenters. The third-order valence-corrected chi connectivity index (χ3v) is 3.62. The van der Waals surface area contributed by atoms with Gasteiger partial charge in [0.05, 0.1) is 11.6 Å². The van der Waals surface area contributed by atoms with Crippen LogP contribution in [0.5, 0.6) is 5.75 Å². The zero-order valence-electron chi connectivity index (χ0n) is 13.1. The molecule has 0 saturated heterocycles. The van der Waals surface area contributed by atoms with E-state index in [0.29, 0.717) is 17.9 Å². The molecule has 0 radical (unpaired) electrons. The van der Waals surface area contributed by atoms with E-state index in [-0.39, 0.29) is 21.7 Å². The molecule has 24 heavy (non-hydrogen) atoms. The maximum Gasteiger partial charge on any atom is 0.359 e. The number of hydrogen-bond acceptors (Lipinski definition) is 5. The molecule has 0 aliphatic heterocycles. The highest BCUT2D eigenvalue weighted by Gasteiger charge is 2.23. The van der Waals surface area contributed by atoms with Crippen LogP contribution in [0, 0.1) is 0 Å². The van der Waals surface area contributed by atoms with Gasteiger partial charge < -0.3 is 9.47 Å². The zero-order valence-corrected chi connectivity index (χ0v) is 14.6. The maximum atomic E-state index is 12.3. The predicted molar refractivity (Wildman–Crippen MR) is 91.1 cm³/mol. The first-order valence-electron chi connectivity index (χ1n) is 7.22. The normalized spacial score (nSPS) is 11.7. The Hall–Kier alpha value is -2.11. The van der Waals surface area contributed by atoms with Crippen molar-refractivity contribution in [2.75, 3.05) is 6.61 Å². The number of ketones is 1. The fraction of sp³-hybridized carbons (Fsp3) is 0.235. The Kier molecular flexibility index (Phi) is 6.17. The Labute approximate surface area is 149 Å². The fourth-order valence-electron chi connectivity index (χ4n) is 1.95. The zero-order chi connectivity index (χ0) is 17.7. The molecular weight excluding hydrogens is 353 g/mol. The van der Waals surface area contributed by atoms with E-state index in [1.165, 1.54) is 19.1 Å². The van der Waals surface area contributed by atoms with Crippen LogP contribution >= 0.6 is 23.2 Å². The van der Waals surface area contributed by atoms with Gasteiger partial charge in [0.1, 0.15) is 10.9 Å². The molecule has 0 aliphatic rings. The minimum atomic E-state index is -0.993. The van der Waals surface area contributed by atoms with Crippen LogP contribution in [0.1, 0.15) is 34.7 Å². The number of halogens is 2. The maximum absolute atomic E-state index is 12.3. The van der Waals surface area contributed by atoms with E-state index in [2.05, 4.69) is 4.98 Å². The van der Waals surface area contributed by atoms with E-state index < -0.39 is 12.1 Å². The van der Waals surface area contributed by atoms with Crippen LogP contribution in [0.3, 0.4) is 0 Å². The average molecular weight is 368 g/mol. The second-order valence-electron chi connectivity index (χ2n) is 4.83. The van der Waals surface area contributed by atoms with Crippen LogP contribution in [0.25, 0.3) is 0 Å². The molecule has 0 spiro atoms. The number of pyridine rings is 1. The standard InChI is InChI=1S/C17H15Cl2NO4/c1-3-23-12-6-4-11(5-7-12)16(21)10(2)24-17(22)15-13(18)8-9-14(19)20-15/h4-10H,3H2,1-2H3/t10-/m1/s1. The monoisotopic (exact) mass is 367 g/mol. The van der Waals surface area contributed by atoms with E-state index in [1.54, 1.807) is 24.3 Å². The van der Waals surface area contributed by atoms with Gasteiger partial charge in [-0.15, -0.1) is 0 Å². The average Bonchev–Trinajstić information content (AvgIpc) is 2.57. The molecule has 0 saturated carbocycles. The molecular formula is C17H15Cl2NO4. The number of ether oxygens (including phenoxy) is 2. The highest BCUT2D eigenvalue weighted by Crippen LogP contribution is 2.19. The summed E-state index contributed by atoms with van der Waals surface area (Å²) in [5.74, 6) is -0.493. The summed E-state index contributed by atoms with van der Waals surface area (Å²) in [4.78, 5) is 28.3. The lowest BCUT2D eigenvalue weighted by atomic mass is 10.1. The summed E-state index contributed by atoms with van der Waals surface area (Å²) >= 11 is 11.6. The van der Waals surface area contributed by atoms with Crippen molar-refractivity contribution in [2.45, 2.75) is 20.0 Å². The van der Waals surface area contributed by atoms with Gasteiger partial charge in [-0.1, -0.05) is 23.2 Å². The summed E-state index contributed by atoms with van der Waals surface area (Å²) < 4.78 is 10.5. The number of Topliss-reactive ketones (excluding diaryl/α,β-unsaturated/α-hetero) is 1. The van der Waals surface area contributed by atoms with Crippen molar-refractivity contribution in [1.82, 2.24) is 4.98 Å². The number of rotatable bonds is 6. The van der Waals surface area contributed by atoms with Crippen LogP contribution in [-0.2, 0) is 4.74 Å². The summed E-state index contributed by atoms with van der Waals surface area (Å²) in [5, 5.41) is 0.210. The van der Waals surface area contributed by atoms with Crippen molar-refractivity contribution < 1.29 is 19.1 Å². The summed E-state index contributed by atoms with van der Waals surface area (Å²) in [6, 6.07) is 9.48. The lowest BCUT2D eigenvalue weighted by molar-refractivity contribution is 0.0313. The predicted octanol–water partition coefficient (Wildman–Crippen LogP) is 4.22. The molecule has 1 heterocycles. The van der Waals surface area contributed by atoms with Gasteiger partial charge >= 0.3 is 5.97 Å². The van der Waals surface area contributed by atoms with E-state index in [9.17, 15) is 9.59 Å². The third-order valence-electron chi connectivity index (χ3n) is 3.11. The Morgan fingerprint density at radius 1 is 1.12 bits per heavy atom. The number of carbonyl (C=O) groups is 2. The fourth-order valence-corrected chi connectivity index (χ4v) is 2.28. The van der Waals surface area contributed by atoms with Crippen LogP contribution in [0.2, 0.25) is 10.2 Å². The number of aromatic nitrogens is 1. The number of benzene rings is 1. The first kappa shape index (κ1) is 18.2. The smallest absolute Gasteiger partial charge is 0.359 e. The Morgan fingerprint density at radius 2 is 1.79 bits per heavy atom. The summed E-state index contributed by atoms with van der Waals surface area (Å²) in [5.41, 5.74) is 0.277. The van der Waals surface area contributed by atoms with Gasteiger partial charge in [-0.3, -0.25) is 4.79 Å². The SMILES string of the molecule is CCOc1ccc(C(=O)[C@@H](C)OC(=O)c2nc(Cl)ccc2Cl)cc1. The Bertz CT molecular complexity index is 747. The number of carbonyl (C=O) groups excluding carboxylic acids is 2. The lowest BCUT2D eigenvalue weighted by Crippen LogP contribution is -2.25. The number of nitrogens with zero attached hydrogens (tertiary/aromatic N) is 1. The van der Waals surface area contributed by atoms with Crippen LogP contribution in [0.15, 0.2) is 36.4 Å². The summed E-state index contributed by atoms with van der Waals surface area (Å²) in [6.07, 6.45) is -0.993. The van der Waals surface area contributed by atoms with Crippen molar-refractivity contribution in [3.05, 3.63) is 57.8 Å². The molecule has 7 heteroatoms. The summed E-state index contributed by atoms with van der Waals surface area (Å²) in [6.45, 7) is 3.89. The lowest BCUT2D eigenvalue weighted by Gasteiger charge is -2.13. The highest BCUT2D eigenvalue weighted by molar-refractivity contribution is 6.34. The quantitative estimate of drug-likeness (QED) is 0.434. The second kappa shape index (κ2) is 8.13. The van der Waals surface area contributed by atoms with E-state index in [1.807, 2.05) is 6.92 Å². The van der Waals surface area contributed by atoms with Gasteiger partial charge in [0, 0.05) is 5.56 Å². The summed E-state index contributed by atoms with van der Waals surface area (Å²) in [7, 11) is 0. The topological polar surface area (TPSA) is 65.5 Å². The molecule has 5 nitrogen and oxygen atoms in total. The molecule has 0 unspecified atom stereocenters. The van der Waals surface area contributed by atoms with Gasteiger partial charge in [-0.25, -0.2) is 9.78 Å². The molecule has 0 N–H and O–H groups in total. The highest BCUT2D eigenvalue weighted by atomic mass is 35.5. The van der Waals surface area contributed by atoms with E-state index >= 15 is 0 Å². The minimum absolute atomic E-state index is 0.102. The Morgan fingerprint density at radius 3 is 2.42 bits per heavy atom. The van der Waals surface area contributed by atoms with Crippen molar-refractivity contribution >= 4 is 35.0 Å². The molecule has 1 aromatic heterocycles. The van der Waals surface area contributed by atoms with Gasteiger partial charge in [0.25, 0.3) is 0 Å². The van der Waals surface area contributed by atoms with Crippen molar-refractivity contribution in [3.63, 3.8) is 0 Å². The third kappa shape index (κ3) is 4.46. The number of esters is 1. The van der Waals surface area contributed by atoms with Crippen molar-refractivity contribution in [2.24, 2.45) is 0 Å². The van der Waals surface area contributed by atoms with Gasteiger partial charge in [0.2, 0.25) is 5.78 Å². The molecule has 0 aliphatic carbocycles. The minimum Gasteiger partial charge on any atom is -0.494 e. The number of hydrogen-bond donors (Lipinski definition) is 0. The molecule has 0 fully saturated rings. The van der Waals surface area contributed by atoms with Crippen molar-refractivity contribution in [3.8, 4) is 5.75 Å². The Balaban J connectivity index is 2.08. The van der Waals surface area contributed by atoms with Crippen LogP contribution < -0.4 is 4.74 Å². The molecule has 2 aromatic rings. The van der Waals surface area contributed by atoms with Gasteiger partial charge in [-0.2, -0.15) is 0 Å². The molecule has 0 bridgehead atoms.